The summed E-state index contributed by atoms with van der Waals surface area (Å²) in [5.41, 5.74) is 6.68. The van der Waals surface area contributed by atoms with Gasteiger partial charge in [-0.25, -0.2) is 0 Å². The zero-order valence-electron chi connectivity index (χ0n) is 9.70. The SMILES string of the molecule is COCCC(C)Oc1ccc(Br)c(CN)c1. The molecule has 90 valence electrons. The van der Waals surface area contributed by atoms with Crippen LogP contribution < -0.4 is 10.5 Å². The molecular formula is C12H18BrNO2. The molecule has 0 bridgehead atoms. The number of methoxy groups -OCH3 is 1. The molecule has 0 aliphatic heterocycles. The molecular weight excluding hydrogens is 270 g/mol. The van der Waals surface area contributed by atoms with E-state index in [2.05, 4.69) is 15.9 Å². The Kier molecular flexibility index (Phi) is 5.80. The Morgan fingerprint density at radius 3 is 2.81 bits per heavy atom. The maximum Gasteiger partial charge on any atom is 0.120 e. The maximum atomic E-state index is 5.76. The maximum absolute atomic E-state index is 5.76. The molecule has 0 saturated carbocycles. The van der Waals surface area contributed by atoms with E-state index in [9.17, 15) is 0 Å². The first-order chi connectivity index (χ1) is 7.67. The third kappa shape index (κ3) is 4.12. The third-order valence-corrected chi connectivity index (χ3v) is 3.08. The summed E-state index contributed by atoms with van der Waals surface area (Å²) in [6, 6.07) is 5.86. The van der Waals surface area contributed by atoms with E-state index < -0.39 is 0 Å². The van der Waals surface area contributed by atoms with Gasteiger partial charge in [0.05, 0.1) is 6.10 Å². The average molecular weight is 288 g/mol. The monoisotopic (exact) mass is 287 g/mol. The van der Waals surface area contributed by atoms with Crippen LogP contribution in [0.4, 0.5) is 0 Å². The quantitative estimate of drug-likeness (QED) is 0.875. The molecule has 1 atom stereocenters. The first-order valence-corrected chi connectivity index (χ1v) is 6.10. The van der Waals surface area contributed by atoms with E-state index in [1.165, 1.54) is 0 Å². The zero-order valence-corrected chi connectivity index (χ0v) is 11.3. The van der Waals surface area contributed by atoms with Gasteiger partial charge in [-0.2, -0.15) is 0 Å². The van der Waals surface area contributed by atoms with E-state index in [0.29, 0.717) is 13.2 Å². The Morgan fingerprint density at radius 1 is 1.44 bits per heavy atom. The smallest absolute Gasteiger partial charge is 0.120 e. The van der Waals surface area contributed by atoms with Crippen molar-refractivity contribution >= 4 is 15.9 Å². The molecule has 16 heavy (non-hydrogen) atoms. The molecule has 2 N–H and O–H groups in total. The number of nitrogens with two attached hydrogens (primary N) is 1. The number of hydrogen-bond donors (Lipinski definition) is 1. The first kappa shape index (κ1) is 13.5. The van der Waals surface area contributed by atoms with Crippen LogP contribution in [0.3, 0.4) is 0 Å². The predicted molar refractivity (Wildman–Crippen MR) is 68.6 cm³/mol. The molecule has 3 nitrogen and oxygen atoms in total. The number of benzene rings is 1. The summed E-state index contributed by atoms with van der Waals surface area (Å²) in [6.45, 7) is 3.24. The Bertz CT molecular complexity index is 331. The second kappa shape index (κ2) is 6.89. The number of halogens is 1. The van der Waals surface area contributed by atoms with Gasteiger partial charge in [0, 0.05) is 31.2 Å². The van der Waals surface area contributed by atoms with Crippen molar-refractivity contribution in [2.75, 3.05) is 13.7 Å². The van der Waals surface area contributed by atoms with Crippen LogP contribution in [0.5, 0.6) is 5.75 Å². The molecule has 0 aromatic heterocycles. The lowest BCUT2D eigenvalue weighted by atomic mass is 10.2. The molecule has 0 saturated heterocycles. The largest absolute Gasteiger partial charge is 0.491 e. The van der Waals surface area contributed by atoms with E-state index in [4.69, 9.17) is 15.2 Å². The number of ether oxygens (including phenoxy) is 2. The van der Waals surface area contributed by atoms with Crippen molar-refractivity contribution < 1.29 is 9.47 Å². The van der Waals surface area contributed by atoms with Crippen LogP contribution in [0.25, 0.3) is 0 Å². The van der Waals surface area contributed by atoms with Crippen molar-refractivity contribution in [1.29, 1.82) is 0 Å². The highest BCUT2D eigenvalue weighted by Gasteiger charge is 2.05. The van der Waals surface area contributed by atoms with Gasteiger partial charge < -0.3 is 15.2 Å². The van der Waals surface area contributed by atoms with E-state index in [1.54, 1.807) is 7.11 Å². The Morgan fingerprint density at radius 2 is 2.19 bits per heavy atom. The van der Waals surface area contributed by atoms with Gasteiger partial charge in [-0.3, -0.25) is 0 Å². The topological polar surface area (TPSA) is 44.5 Å². The minimum atomic E-state index is 0.145. The van der Waals surface area contributed by atoms with Gasteiger partial charge in [0.2, 0.25) is 0 Å². The summed E-state index contributed by atoms with van der Waals surface area (Å²) < 4.78 is 11.8. The Balaban J connectivity index is 2.59. The molecule has 1 aromatic rings. The average Bonchev–Trinajstić information content (AvgIpc) is 2.29. The fraction of sp³-hybridized carbons (Fsp3) is 0.500. The van der Waals surface area contributed by atoms with E-state index in [0.717, 1.165) is 22.2 Å². The summed E-state index contributed by atoms with van der Waals surface area (Å²) in [6.07, 6.45) is 1.02. The molecule has 1 rings (SSSR count). The van der Waals surface area contributed by atoms with E-state index >= 15 is 0 Å². The number of hydrogen-bond acceptors (Lipinski definition) is 3. The standard InChI is InChI=1S/C12H18BrNO2/c1-9(5-6-15-2)16-11-3-4-12(13)10(7-11)8-14/h3-4,7,9H,5-6,8,14H2,1-2H3. The Hall–Kier alpha value is -0.580. The highest BCUT2D eigenvalue weighted by molar-refractivity contribution is 9.10. The van der Waals surface area contributed by atoms with Crippen LogP contribution in [0.1, 0.15) is 18.9 Å². The Labute approximate surface area is 105 Å². The van der Waals surface area contributed by atoms with Crippen LogP contribution in [-0.4, -0.2) is 19.8 Å². The van der Waals surface area contributed by atoms with Crippen LogP contribution in [0, 0.1) is 0 Å². The van der Waals surface area contributed by atoms with Crippen LogP contribution in [-0.2, 0) is 11.3 Å². The lowest BCUT2D eigenvalue weighted by Crippen LogP contribution is -2.14. The summed E-state index contributed by atoms with van der Waals surface area (Å²) in [5, 5.41) is 0. The molecule has 0 spiro atoms. The summed E-state index contributed by atoms with van der Waals surface area (Å²) in [5.74, 6) is 0.854. The van der Waals surface area contributed by atoms with Crippen molar-refractivity contribution in [3.05, 3.63) is 28.2 Å². The molecule has 0 radical (unpaired) electrons. The molecule has 4 heteroatoms. The summed E-state index contributed by atoms with van der Waals surface area (Å²) in [4.78, 5) is 0. The number of rotatable bonds is 6. The van der Waals surface area contributed by atoms with Gasteiger partial charge in [0.1, 0.15) is 5.75 Å². The van der Waals surface area contributed by atoms with Gasteiger partial charge in [-0.05, 0) is 30.7 Å². The minimum Gasteiger partial charge on any atom is -0.491 e. The van der Waals surface area contributed by atoms with Crippen LogP contribution >= 0.6 is 15.9 Å². The molecule has 0 heterocycles. The predicted octanol–water partition coefficient (Wildman–Crippen LogP) is 2.71. The fourth-order valence-electron chi connectivity index (χ4n) is 1.36. The van der Waals surface area contributed by atoms with Gasteiger partial charge in [0.25, 0.3) is 0 Å². The second-order valence-corrected chi connectivity index (χ2v) is 4.52. The van der Waals surface area contributed by atoms with Gasteiger partial charge in [-0.15, -0.1) is 0 Å². The summed E-state index contributed by atoms with van der Waals surface area (Å²) in [7, 11) is 1.69. The molecule has 1 aromatic carbocycles. The van der Waals surface area contributed by atoms with Gasteiger partial charge in [0.15, 0.2) is 0 Å². The van der Waals surface area contributed by atoms with Crippen molar-refractivity contribution in [1.82, 2.24) is 0 Å². The van der Waals surface area contributed by atoms with Gasteiger partial charge >= 0.3 is 0 Å². The lowest BCUT2D eigenvalue weighted by molar-refractivity contribution is 0.135. The molecule has 0 fully saturated rings. The van der Waals surface area contributed by atoms with Crippen LogP contribution in [0.15, 0.2) is 22.7 Å². The van der Waals surface area contributed by atoms with Gasteiger partial charge in [-0.1, -0.05) is 15.9 Å². The van der Waals surface area contributed by atoms with Crippen LogP contribution in [0.2, 0.25) is 0 Å². The van der Waals surface area contributed by atoms with Crippen molar-refractivity contribution in [3.63, 3.8) is 0 Å². The van der Waals surface area contributed by atoms with Crippen molar-refractivity contribution in [2.24, 2.45) is 5.73 Å². The first-order valence-electron chi connectivity index (χ1n) is 5.31. The minimum absolute atomic E-state index is 0.145. The normalized spacial score (nSPS) is 12.5. The highest BCUT2D eigenvalue weighted by Crippen LogP contribution is 2.23. The molecule has 0 amide bonds. The van der Waals surface area contributed by atoms with E-state index in [1.807, 2.05) is 25.1 Å². The molecule has 0 aliphatic rings. The van der Waals surface area contributed by atoms with Crippen molar-refractivity contribution in [3.8, 4) is 5.75 Å². The highest BCUT2D eigenvalue weighted by atomic mass is 79.9. The molecule has 1 unspecified atom stereocenters. The van der Waals surface area contributed by atoms with Crippen molar-refractivity contribution in [2.45, 2.75) is 26.0 Å². The zero-order chi connectivity index (χ0) is 12.0. The fourth-order valence-corrected chi connectivity index (χ4v) is 1.76. The second-order valence-electron chi connectivity index (χ2n) is 3.67. The lowest BCUT2D eigenvalue weighted by Gasteiger charge is -2.15. The molecule has 0 aliphatic carbocycles. The third-order valence-electron chi connectivity index (χ3n) is 2.30. The summed E-state index contributed by atoms with van der Waals surface area (Å²) >= 11 is 3.44. The van der Waals surface area contributed by atoms with E-state index in [-0.39, 0.29) is 6.10 Å².